The Bertz CT molecular complexity index is 1210. The van der Waals surface area contributed by atoms with Gasteiger partial charge in [0.15, 0.2) is 0 Å². The topological polar surface area (TPSA) is 69.7 Å². The highest BCUT2D eigenvalue weighted by Gasteiger charge is 2.27. The molecule has 0 atom stereocenters. The van der Waals surface area contributed by atoms with Crippen molar-refractivity contribution in [3.8, 4) is 0 Å². The van der Waals surface area contributed by atoms with Gasteiger partial charge in [0, 0.05) is 38.3 Å². The highest BCUT2D eigenvalue weighted by Crippen LogP contribution is 2.25. The first kappa shape index (κ1) is 23.3. The van der Waals surface area contributed by atoms with Gasteiger partial charge in [0.05, 0.1) is 0 Å². The molecule has 6 nitrogen and oxygen atoms in total. The van der Waals surface area contributed by atoms with Crippen LogP contribution in [-0.4, -0.2) is 37.0 Å². The first-order valence-corrected chi connectivity index (χ1v) is 12.8. The molecular formula is C29H33N3O3. The lowest BCUT2D eigenvalue weighted by atomic mass is 9.90. The van der Waals surface area contributed by atoms with E-state index in [1.807, 2.05) is 40.1 Å². The minimum absolute atomic E-state index is 0.0810. The quantitative estimate of drug-likeness (QED) is 0.528. The number of rotatable bonds is 7. The number of anilines is 2. The summed E-state index contributed by atoms with van der Waals surface area (Å²) in [5.74, 6) is 0.706. The van der Waals surface area contributed by atoms with E-state index in [2.05, 4.69) is 29.6 Å². The van der Waals surface area contributed by atoms with Crippen LogP contribution in [0.15, 0.2) is 64.2 Å². The molecule has 5 rings (SSSR count). The van der Waals surface area contributed by atoms with Gasteiger partial charge in [-0.15, -0.1) is 0 Å². The fourth-order valence-corrected chi connectivity index (χ4v) is 5.39. The molecular weight excluding hydrogens is 438 g/mol. The number of nitrogens with zero attached hydrogens (tertiary/aromatic N) is 2. The molecule has 0 saturated carbocycles. The van der Waals surface area contributed by atoms with E-state index in [9.17, 15) is 14.4 Å². The predicted molar refractivity (Wildman–Crippen MR) is 140 cm³/mol. The number of amides is 1. The Hall–Kier alpha value is -3.41. The zero-order chi connectivity index (χ0) is 24.2. The van der Waals surface area contributed by atoms with Gasteiger partial charge >= 0.3 is 0 Å². The van der Waals surface area contributed by atoms with Crippen LogP contribution in [0.3, 0.4) is 0 Å². The van der Waals surface area contributed by atoms with Crippen molar-refractivity contribution in [1.82, 2.24) is 4.90 Å². The smallest absolute Gasteiger partial charge is 0.253 e. The summed E-state index contributed by atoms with van der Waals surface area (Å²) >= 11 is 0. The minimum Gasteiger partial charge on any atom is -0.376 e. The molecule has 0 spiro atoms. The third kappa shape index (κ3) is 5.16. The average molecular weight is 472 g/mol. The van der Waals surface area contributed by atoms with Crippen molar-refractivity contribution < 1.29 is 4.79 Å². The van der Waals surface area contributed by atoms with E-state index in [0.717, 1.165) is 63.8 Å². The van der Waals surface area contributed by atoms with Gasteiger partial charge in [-0.3, -0.25) is 14.4 Å². The number of benzene rings is 2. The first-order valence-electron chi connectivity index (χ1n) is 12.8. The highest BCUT2D eigenvalue weighted by atomic mass is 16.2. The standard InChI is InChI=1S/C29H33N3O3/c33-27-25(26(28(27)34)31-15-5-2-6-16-31)30-20-23-9-11-24(12-10-23)29(35)32-17-13-22(14-18-32)19-21-7-3-1-4-8-21/h1,3-4,7-12,22,30H,2,5-6,13-20H2. The largest absolute Gasteiger partial charge is 0.376 e. The lowest BCUT2D eigenvalue weighted by molar-refractivity contribution is 0.0690. The SMILES string of the molecule is O=C(c1ccc(CNc2c(N3CCCCC3)c(=O)c2=O)cc1)N1CCC(Cc2ccccc2)CC1. The van der Waals surface area contributed by atoms with E-state index < -0.39 is 5.43 Å². The van der Waals surface area contributed by atoms with Crippen LogP contribution < -0.4 is 21.1 Å². The van der Waals surface area contributed by atoms with Gasteiger partial charge in [0.2, 0.25) is 0 Å². The van der Waals surface area contributed by atoms with E-state index in [-0.39, 0.29) is 11.3 Å². The molecule has 0 aliphatic carbocycles. The summed E-state index contributed by atoms with van der Waals surface area (Å²) in [4.78, 5) is 41.3. The van der Waals surface area contributed by atoms with Gasteiger partial charge in [0.25, 0.3) is 16.8 Å². The molecule has 0 bridgehead atoms. The monoisotopic (exact) mass is 471 g/mol. The molecule has 1 amide bonds. The second kappa shape index (κ2) is 10.5. The van der Waals surface area contributed by atoms with E-state index in [4.69, 9.17) is 0 Å². The van der Waals surface area contributed by atoms with Crippen LogP contribution in [0.2, 0.25) is 0 Å². The van der Waals surface area contributed by atoms with Crippen LogP contribution >= 0.6 is 0 Å². The second-order valence-corrected chi connectivity index (χ2v) is 9.91. The number of nitrogens with one attached hydrogen (secondary N) is 1. The molecule has 2 aliphatic rings. The zero-order valence-electron chi connectivity index (χ0n) is 20.2. The zero-order valence-corrected chi connectivity index (χ0v) is 20.2. The van der Waals surface area contributed by atoms with E-state index in [0.29, 0.717) is 29.4 Å². The van der Waals surface area contributed by atoms with Gasteiger partial charge < -0.3 is 15.1 Å². The Balaban J connectivity index is 1.14. The number of likely N-dealkylation sites (tertiary alicyclic amines) is 1. The molecule has 35 heavy (non-hydrogen) atoms. The summed E-state index contributed by atoms with van der Waals surface area (Å²) in [6.07, 6.45) is 6.42. The first-order chi connectivity index (χ1) is 17.1. The van der Waals surface area contributed by atoms with Crippen LogP contribution in [0.5, 0.6) is 0 Å². The predicted octanol–water partition coefficient (Wildman–Crippen LogP) is 3.98. The minimum atomic E-state index is -0.423. The number of hydrogen-bond donors (Lipinski definition) is 1. The lowest BCUT2D eigenvalue weighted by Crippen LogP contribution is -2.44. The number of carbonyl (C=O) groups is 1. The Morgan fingerprint density at radius 1 is 0.800 bits per heavy atom. The molecule has 3 aromatic rings. The van der Waals surface area contributed by atoms with Gasteiger partial charge in [-0.05, 0) is 67.7 Å². The number of piperidine rings is 2. The second-order valence-electron chi connectivity index (χ2n) is 9.91. The van der Waals surface area contributed by atoms with E-state index in [1.54, 1.807) is 0 Å². The molecule has 2 saturated heterocycles. The van der Waals surface area contributed by atoms with Crippen LogP contribution in [-0.2, 0) is 13.0 Å². The van der Waals surface area contributed by atoms with Gasteiger partial charge in [0.1, 0.15) is 11.4 Å². The van der Waals surface area contributed by atoms with Crippen molar-refractivity contribution in [1.29, 1.82) is 0 Å². The van der Waals surface area contributed by atoms with Crippen molar-refractivity contribution in [3.63, 3.8) is 0 Å². The maximum Gasteiger partial charge on any atom is 0.253 e. The molecule has 0 radical (unpaired) electrons. The van der Waals surface area contributed by atoms with Crippen LogP contribution in [0.4, 0.5) is 11.4 Å². The molecule has 2 aliphatic heterocycles. The number of hydrogen-bond acceptors (Lipinski definition) is 5. The van der Waals surface area contributed by atoms with E-state index in [1.165, 1.54) is 12.0 Å². The maximum absolute atomic E-state index is 13.0. The molecule has 0 aromatic heterocycles. The fraction of sp³-hybridized carbons (Fsp3) is 0.414. The highest BCUT2D eigenvalue weighted by molar-refractivity contribution is 5.94. The maximum atomic E-state index is 13.0. The Labute approximate surface area is 206 Å². The molecule has 0 unspecified atom stereocenters. The van der Waals surface area contributed by atoms with Gasteiger partial charge in [-0.25, -0.2) is 0 Å². The fourth-order valence-electron chi connectivity index (χ4n) is 5.39. The van der Waals surface area contributed by atoms with Crippen LogP contribution in [0, 0.1) is 5.92 Å². The van der Waals surface area contributed by atoms with Gasteiger partial charge in [-0.1, -0.05) is 42.5 Å². The lowest BCUT2D eigenvalue weighted by Gasteiger charge is -2.32. The summed E-state index contributed by atoms with van der Waals surface area (Å²) in [5, 5.41) is 3.17. The summed E-state index contributed by atoms with van der Waals surface area (Å²) in [6, 6.07) is 18.2. The Morgan fingerprint density at radius 2 is 1.49 bits per heavy atom. The van der Waals surface area contributed by atoms with Crippen molar-refractivity contribution >= 4 is 17.3 Å². The van der Waals surface area contributed by atoms with Crippen LogP contribution in [0.25, 0.3) is 0 Å². The summed E-state index contributed by atoms with van der Waals surface area (Å²) in [6.45, 7) is 3.71. The van der Waals surface area contributed by atoms with Crippen molar-refractivity contribution in [3.05, 3.63) is 91.7 Å². The Morgan fingerprint density at radius 3 is 2.17 bits per heavy atom. The average Bonchev–Trinajstić information content (AvgIpc) is 2.92. The Kier molecular flexibility index (Phi) is 6.98. The van der Waals surface area contributed by atoms with Crippen LogP contribution in [0.1, 0.15) is 53.6 Å². The number of carbonyl (C=O) groups excluding carboxylic acids is 1. The summed E-state index contributed by atoms with van der Waals surface area (Å²) in [7, 11) is 0. The molecule has 3 aromatic carbocycles. The summed E-state index contributed by atoms with van der Waals surface area (Å²) < 4.78 is 0. The van der Waals surface area contributed by atoms with Crippen molar-refractivity contribution in [2.75, 3.05) is 36.4 Å². The molecule has 182 valence electrons. The van der Waals surface area contributed by atoms with Crippen molar-refractivity contribution in [2.45, 2.75) is 45.1 Å². The third-order valence-electron chi connectivity index (χ3n) is 7.50. The molecule has 6 heteroatoms. The normalized spacial score (nSPS) is 17.0. The summed E-state index contributed by atoms with van der Waals surface area (Å²) in [5.41, 5.74) is 3.23. The van der Waals surface area contributed by atoms with Crippen molar-refractivity contribution in [2.24, 2.45) is 5.92 Å². The third-order valence-corrected chi connectivity index (χ3v) is 7.50. The van der Waals surface area contributed by atoms with E-state index >= 15 is 0 Å². The molecule has 2 fully saturated rings. The molecule has 2 heterocycles. The molecule has 1 N–H and O–H groups in total. The van der Waals surface area contributed by atoms with Gasteiger partial charge in [-0.2, -0.15) is 0 Å².